The number of hydrogen-bond donors (Lipinski definition) is 2. The number of anilines is 1. The van der Waals surface area contributed by atoms with Crippen LogP contribution in [0.3, 0.4) is 0 Å². The summed E-state index contributed by atoms with van der Waals surface area (Å²) in [6.07, 6.45) is 0. The summed E-state index contributed by atoms with van der Waals surface area (Å²) in [5.74, 6) is 0. The molecule has 1 rings (SSSR count). The fourth-order valence-electron chi connectivity index (χ4n) is 1.56. The lowest BCUT2D eigenvalue weighted by Gasteiger charge is -2.23. The van der Waals surface area contributed by atoms with E-state index in [2.05, 4.69) is 4.72 Å². The summed E-state index contributed by atoms with van der Waals surface area (Å²) in [6.45, 7) is 5.85. The fraction of sp³-hybridized carbons (Fsp3) is 0.500. The van der Waals surface area contributed by atoms with Gasteiger partial charge in [0.15, 0.2) is 0 Å². The third-order valence-electron chi connectivity index (χ3n) is 2.96. The highest BCUT2D eigenvalue weighted by Gasteiger charge is 2.21. The molecular weight excluding hydrogens is 250 g/mol. The molecule has 0 heterocycles. The summed E-state index contributed by atoms with van der Waals surface area (Å²) in [4.78, 5) is 0. The van der Waals surface area contributed by atoms with E-state index in [1.54, 1.807) is 13.1 Å². The van der Waals surface area contributed by atoms with E-state index in [-0.39, 0.29) is 6.04 Å². The maximum Gasteiger partial charge on any atom is 0.301 e. The summed E-state index contributed by atoms with van der Waals surface area (Å²) >= 11 is 0. The number of benzene rings is 1. The molecule has 0 saturated heterocycles. The molecule has 0 fully saturated rings. The lowest BCUT2D eigenvalue weighted by atomic mass is 10.1. The van der Waals surface area contributed by atoms with Gasteiger partial charge in [-0.3, -0.25) is 4.72 Å². The van der Waals surface area contributed by atoms with Crippen molar-refractivity contribution in [3.05, 3.63) is 29.3 Å². The van der Waals surface area contributed by atoms with E-state index in [9.17, 15) is 8.42 Å². The highest BCUT2D eigenvalue weighted by atomic mass is 32.2. The molecule has 0 unspecified atom stereocenters. The minimum Gasteiger partial charge on any atom is -0.326 e. The summed E-state index contributed by atoms with van der Waals surface area (Å²) in [5.41, 5.74) is 8.00. The minimum absolute atomic E-state index is 0.103. The monoisotopic (exact) mass is 271 g/mol. The molecular formula is C12H21N3O2S. The Morgan fingerprint density at radius 2 is 2.00 bits per heavy atom. The van der Waals surface area contributed by atoms with Crippen LogP contribution in [0.4, 0.5) is 5.69 Å². The van der Waals surface area contributed by atoms with Gasteiger partial charge in [-0.1, -0.05) is 12.1 Å². The van der Waals surface area contributed by atoms with Gasteiger partial charge in [-0.2, -0.15) is 12.7 Å². The highest BCUT2D eigenvalue weighted by Crippen LogP contribution is 2.21. The van der Waals surface area contributed by atoms with Gasteiger partial charge in [0, 0.05) is 19.6 Å². The largest absolute Gasteiger partial charge is 0.326 e. The molecule has 6 heteroatoms. The van der Waals surface area contributed by atoms with E-state index in [4.69, 9.17) is 5.73 Å². The van der Waals surface area contributed by atoms with Gasteiger partial charge in [-0.15, -0.1) is 0 Å². The molecule has 0 bridgehead atoms. The predicted molar refractivity (Wildman–Crippen MR) is 74.5 cm³/mol. The van der Waals surface area contributed by atoms with Gasteiger partial charge in [0.05, 0.1) is 5.69 Å². The van der Waals surface area contributed by atoms with Crippen molar-refractivity contribution >= 4 is 15.9 Å². The zero-order chi connectivity index (χ0) is 13.9. The van der Waals surface area contributed by atoms with Gasteiger partial charge in [-0.05, 0) is 38.0 Å². The van der Waals surface area contributed by atoms with Gasteiger partial charge in [0.25, 0.3) is 0 Å². The quantitative estimate of drug-likeness (QED) is 0.851. The van der Waals surface area contributed by atoms with Gasteiger partial charge < -0.3 is 5.73 Å². The van der Waals surface area contributed by atoms with Crippen molar-refractivity contribution in [3.8, 4) is 0 Å². The average molecular weight is 271 g/mol. The fourth-order valence-corrected chi connectivity index (χ4v) is 2.73. The number of nitrogens with one attached hydrogen (secondary N) is 1. The van der Waals surface area contributed by atoms with Crippen molar-refractivity contribution in [1.29, 1.82) is 0 Å². The van der Waals surface area contributed by atoms with Crippen molar-refractivity contribution in [2.24, 2.45) is 5.73 Å². The summed E-state index contributed by atoms with van der Waals surface area (Å²) in [7, 11) is -1.99. The second kappa shape index (κ2) is 5.69. The summed E-state index contributed by atoms with van der Waals surface area (Å²) < 4.78 is 28.1. The Hall–Kier alpha value is -1.11. The van der Waals surface area contributed by atoms with Crippen LogP contribution < -0.4 is 10.5 Å². The van der Waals surface area contributed by atoms with Crippen molar-refractivity contribution in [3.63, 3.8) is 0 Å². The molecule has 1 aromatic carbocycles. The first-order valence-corrected chi connectivity index (χ1v) is 7.28. The van der Waals surface area contributed by atoms with E-state index in [0.717, 1.165) is 11.1 Å². The zero-order valence-corrected chi connectivity index (χ0v) is 12.1. The molecule has 18 heavy (non-hydrogen) atoms. The standard InChI is InChI=1S/C12H21N3O2S/c1-9(2)15(4)18(16,17)14-12-7-5-6-10(3)11(12)8-13/h5-7,9,14H,8,13H2,1-4H3. The number of hydrogen-bond acceptors (Lipinski definition) is 3. The van der Waals surface area contributed by atoms with Gasteiger partial charge in [-0.25, -0.2) is 0 Å². The van der Waals surface area contributed by atoms with Gasteiger partial charge in [0.1, 0.15) is 0 Å². The van der Waals surface area contributed by atoms with Crippen LogP contribution in [0.1, 0.15) is 25.0 Å². The van der Waals surface area contributed by atoms with Crippen molar-refractivity contribution < 1.29 is 8.42 Å². The molecule has 0 saturated carbocycles. The van der Waals surface area contributed by atoms with Crippen molar-refractivity contribution in [2.45, 2.75) is 33.4 Å². The molecule has 0 aliphatic heterocycles. The third-order valence-corrected chi connectivity index (χ3v) is 4.62. The first-order chi connectivity index (χ1) is 8.29. The zero-order valence-electron chi connectivity index (χ0n) is 11.3. The molecule has 0 radical (unpaired) electrons. The number of nitrogens with zero attached hydrogens (tertiary/aromatic N) is 1. The SMILES string of the molecule is Cc1cccc(NS(=O)(=O)N(C)C(C)C)c1CN. The van der Waals surface area contributed by atoms with Crippen LogP contribution in [0.2, 0.25) is 0 Å². The molecule has 0 amide bonds. The van der Waals surface area contributed by atoms with Gasteiger partial charge >= 0.3 is 10.2 Å². The molecule has 1 aromatic rings. The third kappa shape index (κ3) is 3.22. The smallest absolute Gasteiger partial charge is 0.301 e. The Bertz CT molecular complexity index is 512. The Balaban J connectivity index is 3.09. The summed E-state index contributed by atoms with van der Waals surface area (Å²) in [5, 5.41) is 0. The topological polar surface area (TPSA) is 75.4 Å². The molecule has 0 spiro atoms. The molecule has 102 valence electrons. The normalized spacial score (nSPS) is 12.2. The molecule has 0 aliphatic rings. The van der Waals surface area contributed by atoms with Crippen LogP contribution in [-0.4, -0.2) is 25.8 Å². The molecule has 0 aromatic heterocycles. The minimum atomic E-state index is -3.53. The first kappa shape index (κ1) is 14.9. The highest BCUT2D eigenvalue weighted by molar-refractivity contribution is 7.90. The number of aryl methyl sites for hydroxylation is 1. The van der Waals surface area contributed by atoms with E-state index < -0.39 is 10.2 Å². The first-order valence-electron chi connectivity index (χ1n) is 5.84. The van der Waals surface area contributed by atoms with E-state index in [1.165, 1.54) is 4.31 Å². The summed E-state index contributed by atoms with van der Waals surface area (Å²) in [6, 6.07) is 5.34. The Labute approximate surface area is 109 Å². The maximum absolute atomic E-state index is 12.1. The van der Waals surface area contributed by atoms with Crippen LogP contribution in [0.15, 0.2) is 18.2 Å². The van der Waals surface area contributed by atoms with Crippen molar-refractivity contribution in [2.75, 3.05) is 11.8 Å². The van der Waals surface area contributed by atoms with Crippen LogP contribution in [0.5, 0.6) is 0 Å². The van der Waals surface area contributed by atoms with Crippen LogP contribution in [0, 0.1) is 6.92 Å². The van der Waals surface area contributed by atoms with Gasteiger partial charge in [0.2, 0.25) is 0 Å². The Morgan fingerprint density at radius 1 is 1.39 bits per heavy atom. The Morgan fingerprint density at radius 3 is 2.50 bits per heavy atom. The van der Waals surface area contributed by atoms with Crippen LogP contribution in [-0.2, 0) is 16.8 Å². The second-order valence-electron chi connectivity index (χ2n) is 4.52. The van der Waals surface area contributed by atoms with E-state index >= 15 is 0 Å². The second-order valence-corrected chi connectivity index (χ2v) is 6.25. The lowest BCUT2D eigenvalue weighted by Crippen LogP contribution is -2.37. The molecule has 5 nitrogen and oxygen atoms in total. The molecule has 0 atom stereocenters. The Kier molecular flexibility index (Phi) is 4.72. The number of rotatable bonds is 5. The van der Waals surface area contributed by atoms with Crippen LogP contribution in [0.25, 0.3) is 0 Å². The maximum atomic E-state index is 12.1. The van der Waals surface area contributed by atoms with E-state index in [0.29, 0.717) is 12.2 Å². The molecule has 3 N–H and O–H groups in total. The van der Waals surface area contributed by atoms with E-state index in [1.807, 2.05) is 32.9 Å². The average Bonchev–Trinajstić information content (AvgIpc) is 2.27. The number of nitrogens with two attached hydrogens (primary N) is 1. The van der Waals surface area contributed by atoms with Crippen LogP contribution >= 0.6 is 0 Å². The lowest BCUT2D eigenvalue weighted by molar-refractivity contribution is 0.414. The molecule has 0 aliphatic carbocycles. The predicted octanol–water partition coefficient (Wildman–Crippen LogP) is 1.45. The van der Waals surface area contributed by atoms with Crippen molar-refractivity contribution in [1.82, 2.24) is 4.31 Å².